The van der Waals surface area contributed by atoms with E-state index < -0.39 is 11.6 Å². The van der Waals surface area contributed by atoms with Gasteiger partial charge in [-0.25, -0.2) is 8.78 Å². The topological polar surface area (TPSA) is 68.8 Å². The summed E-state index contributed by atoms with van der Waals surface area (Å²) in [4.78, 5) is 18.0. The van der Waals surface area contributed by atoms with Crippen molar-refractivity contribution in [1.82, 2.24) is 10.6 Å². The highest BCUT2D eigenvalue weighted by Crippen LogP contribution is 2.26. The molecule has 30 heavy (non-hydrogen) atoms. The Morgan fingerprint density at radius 3 is 2.70 bits per heavy atom. The van der Waals surface area contributed by atoms with E-state index in [0.29, 0.717) is 36.7 Å². The molecule has 0 bridgehead atoms. The number of carbonyl (C=O) groups excluding carboxylic acids is 1. The van der Waals surface area contributed by atoms with E-state index in [1.165, 1.54) is 18.2 Å². The van der Waals surface area contributed by atoms with Crippen LogP contribution >= 0.6 is 0 Å². The molecular formula is C22H23F2N5O. The lowest BCUT2D eigenvalue weighted by Crippen LogP contribution is -2.46. The maximum absolute atomic E-state index is 14.0. The average Bonchev–Trinajstić information content (AvgIpc) is 3.19. The summed E-state index contributed by atoms with van der Waals surface area (Å²) in [5, 5.41) is 8.89. The first-order chi connectivity index (χ1) is 14.5. The zero-order chi connectivity index (χ0) is 21.5. The van der Waals surface area contributed by atoms with Crippen LogP contribution in [-0.4, -0.2) is 44.6 Å². The SMILES string of the molecule is C#Cc1cccc(NC(=O)CNC(=NC)NC2CCN(c3c(F)cccc3F)C2)c1. The van der Waals surface area contributed by atoms with Crippen LogP contribution in [-0.2, 0) is 4.79 Å². The number of nitrogens with zero attached hydrogens (tertiary/aromatic N) is 2. The molecule has 0 spiro atoms. The van der Waals surface area contributed by atoms with Crippen LogP contribution in [0, 0.1) is 24.0 Å². The van der Waals surface area contributed by atoms with Gasteiger partial charge in [-0.2, -0.15) is 0 Å². The second-order valence-electron chi connectivity index (χ2n) is 6.85. The lowest BCUT2D eigenvalue weighted by molar-refractivity contribution is -0.115. The van der Waals surface area contributed by atoms with Gasteiger partial charge in [0.15, 0.2) is 5.96 Å². The second-order valence-corrected chi connectivity index (χ2v) is 6.85. The first-order valence-electron chi connectivity index (χ1n) is 9.53. The summed E-state index contributed by atoms with van der Waals surface area (Å²) in [5.74, 6) is 1.53. The second kappa shape index (κ2) is 9.74. The number of benzene rings is 2. The number of hydrogen-bond acceptors (Lipinski definition) is 3. The Kier molecular flexibility index (Phi) is 6.86. The number of amides is 1. The number of guanidine groups is 1. The standard InChI is InChI=1S/C22H23F2N5O/c1-3-15-6-4-7-16(12-15)27-20(30)13-26-22(25-2)28-17-10-11-29(14-17)21-18(23)8-5-9-19(21)24/h1,4-9,12,17H,10-11,13-14H2,2H3,(H,27,30)(H2,25,26,28). The first kappa shape index (κ1) is 21.1. The quantitative estimate of drug-likeness (QED) is 0.401. The van der Waals surface area contributed by atoms with Crippen molar-refractivity contribution in [1.29, 1.82) is 0 Å². The largest absolute Gasteiger partial charge is 0.365 e. The van der Waals surface area contributed by atoms with E-state index in [4.69, 9.17) is 6.42 Å². The minimum absolute atomic E-state index is 0.00166. The number of carbonyl (C=O) groups is 1. The molecule has 0 aromatic heterocycles. The van der Waals surface area contributed by atoms with Crippen LogP contribution in [0.3, 0.4) is 0 Å². The Morgan fingerprint density at radius 2 is 2.00 bits per heavy atom. The Bertz CT molecular complexity index is 965. The molecule has 1 saturated heterocycles. The van der Waals surface area contributed by atoms with Gasteiger partial charge in [-0.1, -0.05) is 18.1 Å². The van der Waals surface area contributed by atoms with E-state index in [1.54, 1.807) is 36.2 Å². The van der Waals surface area contributed by atoms with Crippen LogP contribution in [0.5, 0.6) is 0 Å². The molecule has 1 amide bonds. The van der Waals surface area contributed by atoms with Crippen LogP contribution in [0.4, 0.5) is 20.2 Å². The van der Waals surface area contributed by atoms with Crippen molar-refractivity contribution in [3.8, 4) is 12.3 Å². The monoisotopic (exact) mass is 411 g/mol. The number of aliphatic imine (C=N–C) groups is 1. The Hall–Kier alpha value is -3.60. The fourth-order valence-electron chi connectivity index (χ4n) is 3.32. The van der Waals surface area contributed by atoms with Crippen LogP contribution in [0.25, 0.3) is 0 Å². The molecule has 1 atom stereocenters. The summed E-state index contributed by atoms with van der Waals surface area (Å²) in [6.45, 7) is 0.931. The van der Waals surface area contributed by atoms with Gasteiger partial charge in [-0.3, -0.25) is 9.79 Å². The highest BCUT2D eigenvalue weighted by molar-refractivity contribution is 5.95. The number of para-hydroxylation sites is 1. The van der Waals surface area contributed by atoms with Crippen molar-refractivity contribution in [2.75, 3.05) is 36.9 Å². The molecule has 1 unspecified atom stereocenters. The molecule has 2 aromatic rings. The molecule has 1 aliphatic heterocycles. The van der Waals surface area contributed by atoms with Gasteiger partial charge in [0.25, 0.3) is 0 Å². The van der Waals surface area contributed by atoms with E-state index in [9.17, 15) is 13.6 Å². The molecule has 3 rings (SSSR count). The molecule has 8 heteroatoms. The van der Waals surface area contributed by atoms with Gasteiger partial charge in [0.1, 0.15) is 17.3 Å². The van der Waals surface area contributed by atoms with Gasteiger partial charge in [-0.15, -0.1) is 6.42 Å². The molecule has 3 N–H and O–H groups in total. The number of halogens is 2. The minimum atomic E-state index is -0.580. The summed E-state index contributed by atoms with van der Waals surface area (Å²) in [6, 6.07) is 10.8. The van der Waals surface area contributed by atoms with Crippen molar-refractivity contribution in [2.24, 2.45) is 4.99 Å². The lowest BCUT2D eigenvalue weighted by Gasteiger charge is -2.21. The van der Waals surface area contributed by atoms with Crippen molar-refractivity contribution in [2.45, 2.75) is 12.5 Å². The van der Waals surface area contributed by atoms with Crippen LogP contribution in [0.15, 0.2) is 47.5 Å². The van der Waals surface area contributed by atoms with E-state index in [0.717, 1.165) is 0 Å². The lowest BCUT2D eigenvalue weighted by atomic mass is 10.2. The van der Waals surface area contributed by atoms with Crippen molar-refractivity contribution < 1.29 is 13.6 Å². The zero-order valence-electron chi connectivity index (χ0n) is 16.6. The predicted molar refractivity (Wildman–Crippen MR) is 114 cm³/mol. The third-order valence-electron chi connectivity index (χ3n) is 4.74. The molecule has 1 heterocycles. The Balaban J connectivity index is 1.50. The van der Waals surface area contributed by atoms with Crippen molar-refractivity contribution in [3.05, 3.63) is 59.7 Å². The highest BCUT2D eigenvalue weighted by atomic mass is 19.1. The molecular weight excluding hydrogens is 388 g/mol. The third kappa shape index (κ3) is 5.26. The van der Waals surface area contributed by atoms with Gasteiger partial charge < -0.3 is 20.9 Å². The number of anilines is 2. The first-order valence-corrected chi connectivity index (χ1v) is 9.53. The van der Waals surface area contributed by atoms with Gasteiger partial charge in [0, 0.05) is 37.4 Å². The summed E-state index contributed by atoms with van der Waals surface area (Å²) in [7, 11) is 1.59. The van der Waals surface area contributed by atoms with Gasteiger partial charge in [0.05, 0.1) is 6.54 Å². The predicted octanol–water partition coefficient (Wildman–Crippen LogP) is 2.33. The van der Waals surface area contributed by atoms with Crippen LogP contribution in [0.2, 0.25) is 0 Å². The summed E-state index contributed by atoms with van der Waals surface area (Å²) in [6.07, 6.45) is 6.04. The smallest absolute Gasteiger partial charge is 0.243 e. The Morgan fingerprint density at radius 1 is 1.27 bits per heavy atom. The Labute approximate surface area is 174 Å². The fraction of sp³-hybridized carbons (Fsp3) is 0.273. The molecule has 6 nitrogen and oxygen atoms in total. The van der Waals surface area contributed by atoms with Crippen molar-refractivity contribution >= 4 is 23.2 Å². The molecule has 0 saturated carbocycles. The van der Waals surface area contributed by atoms with Gasteiger partial charge in [-0.05, 0) is 36.8 Å². The molecule has 2 aromatic carbocycles. The van der Waals surface area contributed by atoms with Crippen LogP contribution in [0.1, 0.15) is 12.0 Å². The maximum atomic E-state index is 14.0. The maximum Gasteiger partial charge on any atom is 0.243 e. The molecule has 0 radical (unpaired) electrons. The number of nitrogens with one attached hydrogen (secondary N) is 3. The summed E-state index contributed by atoms with van der Waals surface area (Å²) >= 11 is 0. The van der Waals surface area contributed by atoms with E-state index in [-0.39, 0.29) is 24.2 Å². The molecule has 1 aliphatic rings. The minimum Gasteiger partial charge on any atom is -0.365 e. The average molecular weight is 411 g/mol. The van der Waals surface area contributed by atoms with Gasteiger partial charge in [0.2, 0.25) is 5.91 Å². The molecule has 156 valence electrons. The normalized spacial score (nSPS) is 16.1. The summed E-state index contributed by atoms with van der Waals surface area (Å²) in [5.41, 5.74) is 1.27. The number of terminal acetylenes is 1. The van der Waals surface area contributed by atoms with Crippen LogP contribution < -0.4 is 20.9 Å². The number of hydrogen-bond donors (Lipinski definition) is 3. The zero-order valence-corrected chi connectivity index (χ0v) is 16.6. The molecule has 0 aliphatic carbocycles. The van der Waals surface area contributed by atoms with Crippen molar-refractivity contribution in [3.63, 3.8) is 0 Å². The third-order valence-corrected chi connectivity index (χ3v) is 4.74. The van der Waals surface area contributed by atoms with E-state index in [2.05, 4.69) is 26.9 Å². The highest BCUT2D eigenvalue weighted by Gasteiger charge is 2.27. The van der Waals surface area contributed by atoms with Gasteiger partial charge >= 0.3 is 0 Å². The number of rotatable bonds is 5. The van der Waals surface area contributed by atoms with E-state index >= 15 is 0 Å². The fourth-order valence-corrected chi connectivity index (χ4v) is 3.32. The summed E-state index contributed by atoms with van der Waals surface area (Å²) < 4.78 is 28.0. The molecule has 1 fully saturated rings. The van der Waals surface area contributed by atoms with E-state index in [1.807, 2.05) is 0 Å².